The molecule has 0 aromatic heterocycles. The van der Waals surface area contributed by atoms with Crippen molar-refractivity contribution in [3.63, 3.8) is 0 Å². The van der Waals surface area contributed by atoms with Gasteiger partial charge in [-0.1, -0.05) is 43.8 Å². The predicted octanol–water partition coefficient (Wildman–Crippen LogP) is 4.75. The van der Waals surface area contributed by atoms with Crippen LogP contribution in [0, 0.1) is 0 Å². The van der Waals surface area contributed by atoms with Crippen molar-refractivity contribution in [2.24, 2.45) is 0 Å². The predicted molar refractivity (Wildman–Crippen MR) is 59.4 cm³/mol. The molecule has 0 N–H and O–H groups in total. The molecule has 1 fully saturated rings. The molecule has 1 rings (SSSR count). The van der Waals surface area contributed by atoms with Gasteiger partial charge < -0.3 is 0 Å². The molecule has 0 aliphatic heterocycles. The van der Waals surface area contributed by atoms with Crippen molar-refractivity contribution in [2.45, 2.75) is 57.5 Å². The lowest BCUT2D eigenvalue weighted by Gasteiger charge is -2.29. The van der Waals surface area contributed by atoms with Gasteiger partial charge in [-0.25, -0.2) is 0 Å². The molecule has 0 amide bonds. The van der Waals surface area contributed by atoms with Gasteiger partial charge in [0, 0.05) is 0 Å². The first kappa shape index (κ1) is 10.8. The highest BCUT2D eigenvalue weighted by atomic mass is 35.7. The van der Waals surface area contributed by atoms with E-state index in [1.54, 1.807) is 0 Å². The lowest BCUT2D eigenvalue weighted by atomic mass is 10.00. The second kappa shape index (κ2) is 6.22. The van der Waals surface area contributed by atoms with Crippen LogP contribution in [-0.2, 0) is 0 Å². The Labute approximate surface area is 82.6 Å². The number of hydrogen-bond donors (Lipinski definition) is 0. The minimum absolute atomic E-state index is 0.0995. The first-order valence-corrected chi connectivity index (χ1v) is 7.77. The second-order valence-electron chi connectivity index (χ2n) is 3.77. The summed E-state index contributed by atoms with van der Waals surface area (Å²) >= 11 is 6.33. The van der Waals surface area contributed by atoms with Crippen LogP contribution in [0.5, 0.6) is 0 Å². The Morgan fingerprint density at radius 2 is 2.00 bits per heavy atom. The lowest BCUT2D eigenvalue weighted by Crippen LogP contribution is -2.14. The maximum absolute atomic E-state index is 6.33. The zero-order chi connectivity index (χ0) is 8.81. The topological polar surface area (TPSA) is 0 Å². The van der Waals surface area contributed by atoms with Crippen molar-refractivity contribution in [1.82, 2.24) is 0 Å². The Balaban J connectivity index is 1.91. The zero-order valence-electron chi connectivity index (χ0n) is 8.06. The summed E-state index contributed by atoms with van der Waals surface area (Å²) in [6.45, 7) is 2.26. The van der Waals surface area contributed by atoms with E-state index >= 15 is 0 Å². The summed E-state index contributed by atoms with van der Waals surface area (Å²) < 4.78 is 0. The highest BCUT2D eigenvalue weighted by Crippen LogP contribution is 2.54. The van der Waals surface area contributed by atoms with E-state index in [0.717, 1.165) is 5.66 Å². The van der Waals surface area contributed by atoms with Crippen LogP contribution in [0.3, 0.4) is 0 Å². The van der Waals surface area contributed by atoms with Crippen LogP contribution in [0.25, 0.3) is 0 Å². The Morgan fingerprint density at radius 1 is 1.25 bits per heavy atom. The van der Waals surface area contributed by atoms with Crippen LogP contribution in [0.1, 0.15) is 51.9 Å². The van der Waals surface area contributed by atoms with E-state index in [2.05, 4.69) is 6.92 Å². The summed E-state index contributed by atoms with van der Waals surface area (Å²) in [4.78, 5) is 0. The van der Waals surface area contributed by atoms with Crippen molar-refractivity contribution in [1.29, 1.82) is 0 Å². The van der Waals surface area contributed by atoms with E-state index in [0.29, 0.717) is 0 Å². The van der Waals surface area contributed by atoms with Crippen molar-refractivity contribution < 1.29 is 0 Å². The highest BCUT2D eigenvalue weighted by molar-refractivity contribution is 7.84. The van der Waals surface area contributed by atoms with Gasteiger partial charge in [0.1, 0.15) is 0 Å². The third kappa shape index (κ3) is 3.62. The van der Waals surface area contributed by atoms with Gasteiger partial charge in [-0.15, -0.1) is 0 Å². The van der Waals surface area contributed by atoms with Crippen LogP contribution in [0.2, 0.25) is 0 Å². The smallest absolute Gasteiger partial charge is 0.00656 e. The zero-order valence-corrected chi connectivity index (χ0v) is 9.71. The first-order valence-electron chi connectivity index (χ1n) is 5.27. The number of rotatable bonds is 6. The van der Waals surface area contributed by atoms with Gasteiger partial charge >= 0.3 is 0 Å². The lowest BCUT2D eigenvalue weighted by molar-refractivity contribution is 0.515. The maximum Gasteiger partial charge on any atom is -0.00656 e. The number of halogens is 1. The van der Waals surface area contributed by atoms with E-state index in [1.807, 2.05) is 0 Å². The van der Waals surface area contributed by atoms with Crippen molar-refractivity contribution in [3.8, 4) is 0 Å². The molecule has 0 aromatic rings. The second-order valence-corrected chi connectivity index (χ2v) is 7.05. The van der Waals surface area contributed by atoms with E-state index in [4.69, 9.17) is 11.2 Å². The SMILES string of the molecule is CCCCCCP(Cl)C1CCC1. The molecule has 1 atom stereocenters. The first-order chi connectivity index (χ1) is 5.84. The fraction of sp³-hybridized carbons (Fsp3) is 1.00. The van der Waals surface area contributed by atoms with Crippen LogP contribution in [-0.4, -0.2) is 11.8 Å². The van der Waals surface area contributed by atoms with Crippen LogP contribution in [0.4, 0.5) is 0 Å². The molecule has 1 saturated carbocycles. The Bertz CT molecular complexity index is 112. The van der Waals surface area contributed by atoms with Crippen molar-refractivity contribution in [3.05, 3.63) is 0 Å². The summed E-state index contributed by atoms with van der Waals surface area (Å²) in [7, 11) is -0.0995. The molecule has 1 aliphatic carbocycles. The molecule has 1 aliphatic rings. The molecule has 1 unspecified atom stereocenters. The summed E-state index contributed by atoms with van der Waals surface area (Å²) in [6.07, 6.45) is 11.1. The summed E-state index contributed by atoms with van der Waals surface area (Å²) in [5.41, 5.74) is 0.934. The number of hydrogen-bond acceptors (Lipinski definition) is 0. The molecule has 12 heavy (non-hydrogen) atoms. The van der Waals surface area contributed by atoms with E-state index in [1.165, 1.54) is 51.1 Å². The van der Waals surface area contributed by atoms with Gasteiger partial charge in [0.15, 0.2) is 0 Å². The minimum atomic E-state index is -0.0995. The molecule has 0 nitrogen and oxygen atoms in total. The number of unbranched alkanes of at least 4 members (excludes halogenated alkanes) is 3. The fourth-order valence-electron chi connectivity index (χ4n) is 1.54. The molecule has 2 heteroatoms. The largest absolute Gasteiger partial charge is 0.0961 e. The molecule has 0 heterocycles. The highest BCUT2D eigenvalue weighted by Gasteiger charge is 2.24. The van der Waals surface area contributed by atoms with E-state index in [9.17, 15) is 0 Å². The molecule has 0 aromatic carbocycles. The van der Waals surface area contributed by atoms with Crippen LogP contribution in [0.15, 0.2) is 0 Å². The van der Waals surface area contributed by atoms with Gasteiger partial charge in [0.2, 0.25) is 0 Å². The standard InChI is InChI=1S/C10H20ClP/c1-2-3-4-5-9-12(11)10-7-6-8-10/h10H,2-9H2,1H3. The molecule has 0 radical (unpaired) electrons. The molecule has 0 bridgehead atoms. The maximum atomic E-state index is 6.33. The van der Waals surface area contributed by atoms with Crippen LogP contribution < -0.4 is 0 Å². The molecular weight excluding hydrogens is 187 g/mol. The van der Waals surface area contributed by atoms with Gasteiger partial charge in [-0.05, 0) is 38.4 Å². The molecule has 0 saturated heterocycles. The fourth-order valence-corrected chi connectivity index (χ4v) is 4.30. The molecule has 0 spiro atoms. The monoisotopic (exact) mass is 206 g/mol. The summed E-state index contributed by atoms with van der Waals surface area (Å²) in [5, 5.41) is 0. The summed E-state index contributed by atoms with van der Waals surface area (Å²) in [6, 6.07) is 0. The summed E-state index contributed by atoms with van der Waals surface area (Å²) in [5.74, 6) is 0. The van der Waals surface area contributed by atoms with E-state index in [-0.39, 0.29) is 7.27 Å². The third-order valence-electron chi connectivity index (χ3n) is 2.70. The van der Waals surface area contributed by atoms with Crippen molar-refractivity contribution >= 4 is 18.5 Å². The Kier molecular flexibility index (Phi) is 5.59. The quantitative estimate of drug-likeness (QED) is 0.434. The molecule has 72 valence electrons. The average Bonchev–Trinajstić information content (AvgIpc) is 1.95. The normalized spacial score (nSPS) is 20.5. The Hall–Kier alpha value is 0.720. The molecular formula is C10H20ClP. The third-order valence-corrected chi connectivity index (χ3v) is 6.08. The van der Waals surface area contributed by atoms with E-state index < -0.39 is 0 Å². The van der Waals surface area contributed by atoms with Gasteiger partial charge in [-0.2, -0.15) is 0 Å². The van der Waals surface area contributed by atoms with Gasteiger partial charge in [0.25, 0.3) is 0 Å². The Morgan fingerprint density at radius 3 is 2.50 bits per heavy atom. The van der Waals surface area contributed by atoms with Crippen molar-refractivity contribution in [2.75, 3.05) is 6.16 Å². The van der Waals surface area contributed by atoms with Gasteiger partial charge in [0.05, 0.1) is 0 Å². The van der Waals surface area contributed by atoms with Gasteiger partial charge in [-0.3, -0.25) is 0 Å². The average molecular weight is 207 g/mol. The minimum Gasteiger partial charge on any atom is -0.0961 e. The van der Waals surface area contributed by atoms with Crippen LogP contribution >= 0.6 is 18.5 Å².